The quantitative estimate of drug-likeness (QED) is 0.850. The third-order valence-corrected chi connectivity index (χ3v) is 4.85. The monoisotopic (exact) mass is 325 g/mol. The van der Waals surface area contributed by atoms with Gasteiger partial charge in [-0.25, -0.2) is 9.67 Å². The molecule has 4 rings (SSSR count). The molecule has 1 aromatic carbocycles. The van der Waals surface area contributed by atoms with Crippen LogP contribution in [0.4, 0.5) is 5.82 Å². The fourth-order valence-electron chi connectivity index (χ4n) is 2.97. The van der Waals surface area contributed by atoms with Gasteiger partial charge < -0.3 is 4.90 Å². The predicted octanol–water partition coefficient (Wildman–Crippen LogP) is 3.39. The van der Waals surface area contributed by atoms with Crippen molar-refractivity contribution in [3.8, 4) is 5.69 Å². The van der Waals surface area contributed by atoms with Gasteiger partial charge in [-0.05, 0) is 36.8 Å². The van der Waals surface area contributed by atoms with Crippen molar-refractivity contribution in [1.82, 2.24) is 14.7 Å². The van der Waals surface area contributed by atoms with Crippen LogP contribution in [0.15, 0.2) is 40.4 Å². The molecule has 0 spiro atoms. The Morgan fingerprint density at radius 2 is 2.22 bits per heavy atom. The molecule has 0 saturated carbocycles. The minimum atomic E-state index is 0.880. The molecule has 0 fully saturated rings. The fourth-order valence-corrected chi connectivity index (χ4v) is 3.71. The van der Waals surface area contributed by atoms with Crippen molar-refractivity contribution in [2.75, 3.05) is 18.8 Å². The first-order valence-corrected chi connectivity index (χ1v) is 8.95. The molecule has 0 bridgehead atoms. The second-order valence-electron chi connectivity index (χ2n) is 5.67. The Kier molecular flexibility index (Phi) is 3.69. The molecule has 0 N–H and O–H groups in total. The SMILES string of the molecule is CCSC1=Nc2c(cnn2-c2cccc(C)c2)C2=NCCCN12. The maximum absolute atomic E-state index is 4.91. The molecule has 0 atom stereocenters. The van der Waals surface area contributed by atoms with Crippen molar-refractivity contribution >= 4 is 28.6 Å². The van der Waals surface area contributed by atoms with Crippen molar-refractivity contribution in [3.63, 3.8) is 0 Å². The molecular weight excluding hydrogens is 306 g/mol. The highest BCUT2D eigenvalue weighted by Crippen LogP contribution is 2.33. The fraction of sp³-hybridized carbons (Fsp3) is 0.353. The van der Waals surface area contributed by atoms with Crippen molar-refractivity contribution < 1.29 is 0 Å². The number of aromatic nitrogens is 2. The summed E-state index contributed by atoms with van der Waals surface area (Å²) in [5, 5.41) is 5.62. The number of amidine groups is 2. The van der Waals surface area contributed by atoms with Crippen LogP contribution in [0.5, 0.6) is 0 Å². The third kappa shape index (κ3) is 2.47. The molecule has 5 nitrogen and oxygen atoms in total. The molecule has 0 saturated heterocycles. The van der Waals surface area contributed by atoms with Crippen LogP contribution in [0.2, 0.25) is 0 Å². The van der Waals surface area contributed by atoms with Crippen molar-refractivity contribution in [1.29, 1.82) is 0 Å². The summed E-state index contributed by atoms with van der Waals surface area (Å²) in [7, 11) is 0. The minimum Gasteiger partial charge on any atom is -0.305 e. The second kappa shape index (κ2) is 5.85. The zero-order chi connectivity index (χ0) is 15.8. The summed E-state index contributed by atoms with van der Waals surface area (Å²) < 4.78 is 1.92. The van der Waals surface area contributed by atoms with E-state index in [1.807, 2.05) is 10.9 Å². The first-order valence-electron chi connectivity index (χ1n) is 7.97. The average molecular weight is 325 g/mol. The smallest absolute Gasteiger partial charge is 0.171 e. The number of aliphatic imine (C=N–C) groups is 2. The second-order valence-corrected chi connectivity index (χ2v) is 6.90. The van der Waals surface area contributed by atoms with Crippen LogP contribution >= 0.6 is 11.8 Å². The van der Waals surface area contributed by atoms with E-state index in [2.05, 4.69) is 48.1 Å². The van der Waals surface area contributed by atoms with E-state index in [4.69, 9.17) is 9.98 Å². The lowest BCUT2D eigenvalue weighted by Gasteiger charge is -2.32. The van der Waals surface area contributed by atoms with Gasteiger partial charge in [0.2, 0.25) is 0 Å². The summed E-state index contributed by atoms with van der Waals surface area (Å²) in [5.74, 6) is 2.91. The Bertz CT molecular complexity index is 805. The van der Waals surface area contributed by atoms with Crippen molar-refractivity contribution in [2.24, 2.45) is 9.98 Å². The summed E-state index contributed by atoms with van der Waals surface area (Å²) in [6.45, 7) is 6.11. The van der Waals surface area contributed by atoms with E-state index in [-0.39, 0.29) is 0 Å². The highest BCUT2D eigenvalue weighted by molar-refractivity contribution is 8.13. The van der Waals surface area contributed by atoms with Crippen LogP contribution in [-0.4, -0.2) is 44.5 Å². The number of fused-ring (bicyclic) bond motifs is 3. The van der Waals surface area contributed by atoms with E-state index in [1.165, 1.54) is 5.56 Å². The number of benzene rings is 1. The largest absolute Gasteiger partial charge is 0.305 e. The van der Waals surface area contributed by atoms with Crippen LogP contribution in [0.1, 0.15) is 24.5 Å². The maximum atomic E-state index is 4.91. The Hall–Kier alpha value is -2.08. The minimum absolute atomic E-state index is 0.880. The summed E-state index contributed by atoms with van der Waals surface area (Å²) >= 11 is 1.77. The number of hydrogen-bond donors (Lipinski definition) is 0. The first kappa shape index (κ1) is 14.5. The Labute approximate surface area is 140 Å². The normalized spacial score (nSPS) is 16.5. The highest BCUT2D eigenvalue weighted by Gasteiger charge is 2.31. The predicted molar refractivity (Wildman–Crippen MR) is 96.3 cm³/mol. The molecule has 2 aliphatic rings. The molecule has 2 aliphatic heterocycles. The number of aryl methyl sites for hydroxylation is 1. The molecule has 1 aromatic heterocycles. The van der Waals surface area contributed by atoms with Gasteiger partial charge in [-0.15, -0.1) is 0 Å². The van der Waals surface area contributed by atoms with Gasteiger partial charge >= 0.3 is 0 Å². The molecular formula is C17H19N5S. The molecule has 0 aliphatic carbocycles. The molecule has 0 amide bonds. The van der Waals surface area contributed by atoms with E-state index >= 15 is 0 Å². The van der Waals surface area contributed by atoms with Crippen LogP contribution in [0.3, 0.4) is 0 Å². The topological polar surface area (TPSA) is 45.8 Å². The van der Waals surface area contributed by atoms with Crippen molar-refractivity contribution in [3.05, 3.63) is 41.6 Å². The van der Waals surface area contributed by atoms with Gasteiger partial charge in [0.25, 0.3) is 0 Å². The van der Waals surface area contributed by atoms with Gasteiger partial charge in [0.05, 0.1) is 17.4 Å². The lowest BCUT2D eigenvalue weighted by molar-refractivity contribution is 0.554. The van der Waals surface area contributed by atoms with Gasteiger partial charge in [0, 0.05) is 13.1 Å². The highest BCUT2D eigenvalue weighted by atomic mass is 32.2. The van der Waals surface area contributed by atoms with Crippen LogP contribution in [0, 0.1) is 6.92 Å². The molecule has 3 heterocycles. The van der Waals surface area contributed by atoms with E-state index in [9.17, 15) is 0 Å². The van der Waals surface area contributed by atoms with Crippen LogP contribution in [0.25, 0.3) is 5.69 Å². The Morgan fingerprint density at radius 1 is 1.30 bits per heavy atom. The van der Waals surface area contributed by atoms with E-state index < -0.39 is 0 Å². The average Bonchev–Trinajstić information content (AvgIpc) is 2.99. The van der Waals surface area contributed by atoms with Gasteiger partial charge in [-0.2, -0.15) is 5.10 Å². The van der Waals surface area contributed by atoms with Gasteiger partial charge in [0.1, 0.15) is 5.84 Å². The number of rotatable bonds is 2. The number of nitrogens with zero attached hydrogens (tertiary/aromatic N) is 5. The Morgan fingerprint density at radius 3 is 3.04 bits per heavy atom. The molecule has 118 valence electrons. The summed E-state index contributed by atoms with van der Waals surface area (Å²) in [5.41, 5.74) is 3.29. The summed E-state index contributed by atoms with van der Waals surface area (Å²) in [6.07, 6.45) is 2.97. The van der Waals surface area contributed by atoms with Crippen LogP contribution < -0.4 is 0 Å². The molecule has 2 aromatic rings. The van der Waals surface area contributed by atoms with Gasteiger partial charge in [-0.1, -0.05) is 30.8 Å². The maximum Gasteiger partial charge on any atom is 0.171 e. The lowest BCUT2D eigenvalue weighted by atomic mass is 10.2. The van der Waals surface area contributed by atoms with E-state index in [0.29, 0.717) is 0 Å². The molecule has 0 unspecified atom stereocenters. The number of thioether (sulfide) groups is 1. The number of hydrogen-bond acceptors (Lipinski definition) is 5. The van der Waals surface area contributed by atoms with E-state index in [0.717, 1.165) is 53.3 Å². The van der Waals surface area contributed by atoms with Crippen LogP contribution in [-0.2, 0) is 0 Å². The van der Waals surface area contributed by atoms with Gasteiger partial charge in [-0.3, -0.25) is 4.99 Å². The van der Waals surface area contributed by atoms with Crippen molar-refractivity contribution in [2.45, 2.75) is 20.3 Å². The molecule has 23 heavy (non-hydrogen) atoms. The lowest BCUT2D eigenvalue weighted by Crippen LogP contribution is -2.41. The summed E-state index contributed by atoms with van der Waals surface area (Å²) in [6, 6.07) is 8.34. The molecule has 0 radical (unpaired) electrons. The first-order chi connectivity index (χ1) is 11.3. The summed E-state index contributed by atoms with van der Waals surface area (Å²) in [4.78, 5) is 11.9. The van der Waals surface area contributed by atoms with E-state index in [1.54, 1.807) is 11.8 Å². The zero-order valence-corrected chi connectivity index (χ0v) is 14.2. The standard InChI is InChI=1S/C17H19N5S/c1-3-23-17-20-16-14(15-18-8-5-9-21(15)17)11-19-22(16)13-7-4-6-12(2)10-13/h4,6-7,10-11H,3,5,8-9H2,1-2H3. The molecule has 6 heteroatoms. The zero-order valence-electron chi connectivity index (χ0n) is 13.4. The third-order valence-electron chi connectivity index (χ3n) is 3.99. The Balaban J connectivity index is 1.87. The van der Waals surface area contributed by atoms with Gasteiger partial charge in [0.15, 0.2) is 11.0 Å².